The number of hydrogen-bond acceptors (Lipinski definition) is 5. The molecule has 0 amide bonds. The quantitative estimate of drug-likeness (QED) is 0.612. The van der Waals surface area contributed by atoms with Crippen molar-refractivity contribution >= 4 is 21.4 Å². The minimum atomic E-state index is -3.68. The second-order valence-corrected chi connectivity index (χ2v) is 9.65. The summed E-state index contributed by atoms with van der Waals surface area (Å²) in [6.07, 6.45) is 1.09. The van der Waals surface area contributed by atoms with Crippen LogP contribution in [0.2, 0.25) is 0 Å². The maximum absolute atomic E-state index is 14.0. The normalized spacial score (nSPS) is 16.2. The van der Waals surface area contributed by atoms with Gasteiger partial charge in [0.1, 0.15) is 22.5 Å². The number of sulfonamides is 1. The van der Waals surface area contributed by atoms with Gasteiger partial charge in [0.05, 0.1) is 4.90 Å². The lowest BCUT2D eigenvalue weighted by Crippen LogP contribution is -2.37. The molecule has 2 heterocycles. The highest BCUT2D eigenvalue weighted by atomic mass is 32.2. The monoisotopic (exact) mass is 439 g/mol. The van der Waals surface area contributed by atoms with E-state index in [2.05, 4.69) is 10.2 Å². The lowest BCUT2D eigenvalue weighted by molar-refractivity contribution is 0.318. The second-order valence-electron chi connectivity index (χ2n) is 6.70. The molecule has 5 nitrogen and oxygen atoms in total. The number of benzene rings is 2. The van der Waals surface area contributed by atoms with Crippen LogP contribution in [0.4, 0.5) is 13.2 Å². The van der Waals surface area contributed by atoms with Crippen LogP contribution in [0.25, 0.3) is 10.6 Å². The SMILES string of the molecule is O=S(=O)(c1ccc(F)cc1)N1CCC(c2nnc(-c3ccc(F)cc3F)s2)CC1. The molecule has 2 aromatic carbocycles. The third kappa shape index (κ3) is 4.05. The van der Waals surface area contributed by atoms with E-state index in [-0.39, 0.29) is 16.4 Å². The van der Waals surface area contributed by atoms with Gasteiger partial charge in [-0.2, -0.15) is 4.31 Å². The Bertz CT molecular complexity index is 1130. The first-order valence-corrected chi connectivity index (χ1v) is 11.1. The highest BCUT2D eigenvalue weighted by Gasteiger charge is 2.31. The van der Waals surface area contributed by atoms with E-state index in [0.29, 0.717) is 35.9 Å². The maximum Gasteiger partial charge on any atom is 0.243 e. The average molecular weight is 439 g/mol. The molecule has 152 valence electrons. The van der Waals surface area contributed by atoms with Crippen LogP contribution in [0.1, 0.15) is 23.8 Å². The van der Waals surface area contributed by atoms with Crippen LogP contribution >= 0.6 is 11.3 Å². The van der Waals surface area contributed by atoms with E-state index < -0.39 is 27.5 Å². The summed E-state index contributed by atoms with van der Waals surface area (Å²) in [4.78, 5) is 0.0577. The fourth-order valence-corrected chi connectivity index (χ4v) is 5.78. The molecule has 1 aromatic heterocycles. The molecule has 1 aliphatic rings. The Hall–Kier alpha value is -2.30. The summed E-state index contributed by atoms with van der Waals surface area (Å²) in [7, 11) is -3.68. The number of aromatic nitrogens is 2. The molecule has 0 bridgehead atoms. The van der Waals surface area contributed by atoms with Crippen molar-refractivity contribution in [3.8, 4) is 10.6 Å². The zero-order valence-electron chi connectivity index (χ0n) is 15.1. The molecule has 0 unspecified atom stereocenters. The van der Waals surface area contributed by atoms with Crippen LogP contribution < -0.4 is 0 Å². The summed E-state index contributed by atoms with van der Waals surface area (Å²) >= 11 is 1.22. The molecule has 29 heavy (non-hydrogen) atoms. The molecular weight excluding hydrogens is 423 g/mol. The van der Waals surface area contributed by atoms with Crippen molar-refractivity contribution in [2.24, 2.45) is 0 Å². The molecule has 1 aliphatic heterocycles. The molecular formula is C19H16F3N3O2S2. The molecule has 10 heteroatoms. The van der Waals surface area contributed by atoms with Crippen LogP contribution in [-0.4, -0.2) is 36.0 Å². The van der Waals surface area contributed by atoms with Crippen molar-refractivity contribution in [3.05, 3.63) is 64.9 Å². The molecule has 0 N–H and O–H groups in total. The van der Waals surface area contributed by atoms with Gasteiger partial charge in [0.25, 0.3) is 0 Å². The first-order chi connectivity index (χ1) is 13.8. The number of rotatable bonds is 4. The van der Waals surface area contributed by atoms with Crippen LogP contribution in [0.5, 0.6) is 0 Å². The minimum Gasteiger partial charge on any atom is -0.207 e. The lowest BCUT2D eigenvalue weighted by Gasteiger charge is -2.30. The fourth-order valence-electron chi connectivity index (χ4n) is 3.27. The van der Waals surface area contributed by atoms with Crippen LogP contribution in [0.15, 0.2) is 47.4 Å². The van der Waals surface area contributed by atoms with Gasteiger partial charge in [-0.05, 0) is 49.2 Å². The van der Waals surface area contributed by atoms with Crippen molar-refractivity contribution in [1.82, 2.24) is 14.5 Å². The Morgan fingerprint density at radius 2 is 1.59 bits per heavy atom. The highest BCUT2D eigenvalue weighted by molar-refractivity contribution is 7.89. The zero-order chi connectivity index (χ0) is 20.6. The van der Waals surface area contributed by atoms with E-state index in [1.807, 2.05) is 0 Å². The Balaban J connectivity index is 1.46. The van der Waals surface area contributed by atoms with Crippen LogP contribution in [0, 0.1) is 17.5 Å². The third-order valence-electron chi connectivity index (χ3n) is 4.86. The van der Waals surface area contributed by atoms with Gasteiger partial charge in [-0.1, -0.05) is 11.3 Å². The van der Waals surface area contributed by atoms with Gasteiger partial charge in [0.2, 0.25) is 10.0 Å². The first kappa shape index (κ1) is 20.0. The molecule has 4 rings (SSSR count). The van der Waals surface area contributed by atoms with Gasteiger partial charge in [-0.3, -0.25) is 0 Å². The summed E-state index contributed by atoms with van der Waals surface area (Å²) in [6, 6.07) is 8.05. The summed E-state index contributed by atoms with van der Waals surface area (Å²) in [5.41, 5.74) is 0.187. The molecule has 1 saturated heterocycles. The van der Waals surface area contributed by atoms with Crippen LogP contribution in [-0.2, 0) is 10.0 Å². The molecule has 0 radical (unpaired) electrons. The van der Waals surface area contributed by atoms with E-state index in [1.165, 1.54) is 33.8 Å². The maximum atomic E-state index is 14.0. The average Bonchev–Trinajstić information content (AvgIpc) is 3.18. The molecule has 1 fully saturated rings. The molecule has 0 spiro atoms. The predicted octanol–water partition coefficient (Wildman–Crippen LogP) is 4.19. The standard InChI is InChI=1S/C19H16F3N3O2S2/c20-13-1-4-15(5-2-13)29(26,27)25-9-7-12(8-10-25)18-23-24-19(28-18)16-6-3-14(21)11-17(16)22/h1-6,11-12H,7-10H2. The summed E-state index contributed by atoms with van der Waals surface area (Å²) < 4.78 is 66.9. The summed E-state index contributed by atoms with van der Waals surface area (Å²) in [5, 5.41) is 9.20. The Kier molecular flexibility index (Phi) is 5.41. The molecule has 0 saturated carbocycles. The van der Waals surface area contributed by atoms with Crippen molar-refractivity contribution in [1.29, 1.82) is 0 Å². The molecule has 0 atom stereocenters. The molecule has 3 aromatic rings. The van der Waals surface area contributed by atoms with Gasteiger partial charge in [-0.15, -0.1) is 10.2 Å². The summed E-state index contributed by atoms with van der Waals surface area (Å²) in [5.74, 6) is -1.85. The van der Waals surface area contributed by atoms with Crippen LogP contribution in [0.3, 0.4) is 0 Å². The van der Waals surface area contributed by atoms with Gasteiger partial charge >= 0.3 is 0 Å². The second kappa shape index (κ2) is 7.85. The number of piperidine rings is 1. The highest BCUT2D eigenvalue weighted by Crippen LogP contribution is 2.35. The van der Waals surface area contributed by atoms with E-state index in [0.717, 1.165) is 24.3 Å². The number of hydrogen-bond donors (Lipinski definition) is 0. The van der Waals surface area contributed by atoms with Crippen molar-refractivity contribution in [2.45, 2.75) is 23.7 Å². The third-order valence-corrected chi connectivity index (χ3v) is 7.89. The fraction of sp³-hybridized carbons (Fsp3) is 0.263. The van der Waals surface area contributed by atoms with E-state index in [4.69, 9.17) is 0 Å². The number of nitrogens with zero attached hydrogens (tertiary/aromatic N) is 3. The van der Waals surface area contributed by atoms with Gasteiger partial charge in [0.15, 0.2) is 5.01 Å². The van der Waals surface area contributed by atoms with Crippen molar-refractivity contribution in [3.63, 3.8) is 0 Å². The van der Waals surface area contributed by atoms with Gasteiger partial charge in [0, 0.05) is 30.6 Å². The molecule has 0 aliphatic carbocycles. The Morgan fingerprint density at radius 1 is 0.931 bits per heavy atom. The largest absolute Gasteiger partial charge is 0.243 e. The number of halogens is 3. The van der Waals surface area contributed by atoms with Gasteiger partial charge < -0.3 is 0 Å². The zero-order valence-corrected chi connectivity index (χ0v) is 16.7. The smallest absolute Gasteiger partial charge is 0.207 e. The first-order valence-electron chi connectivity index (χ1n) is 8.89. The van der Waals surface area contributed by atoms with Gasteiger partial charge in [-0.25, -0.2) is 21.6 Å². The summed E-state index contributed by atoms with van der Waals surface area (Å²) in [6.45, 7) is 0.592. The Morgan fingerprint density at radius 3 is 2.24 bits per heavy atom. The Labute approximate surface area is 169 Å². The van der Waals surface area contributed by atoms with E-state index >= 15 is 0 Å². The predicted molar refractivity (Wildman–Crippen MR) is 102 cm³/mol. The lowest BCUT2D eigenvalue weighted by atomic mass is 9.99. The topological polar surface area (TPSA) is 63.2 Å². The van der Waals surface area contributed by atoms with E-state index in [1.54, 1.807) is 0 Å². The van der Waals surface area contributed by atoms with Crippen molar-refractivity contribution in [2.75, 3.05) is 13.1 Å². The van der Waals surface area contributed by atoms with E-state index in [9.17, 15) is 21.6 Å². The minimum absolute atomic E-state index is 0.00410. The van der Waals surface area contributed by atoms with Crippen molar-refractivity contribution < 1.29 is 21.6 Å².